The van der Waals surface area contributed by atoms with Gasteiger partial charge in [0.1, 0.15) is 5.78 Å². The molecule has 0 aliphatic rings. The summed E-state index contributed by atoms with van der Waals surface area (Å²) < 4.78 is 0. The van der Waals surface area contributed by atoms with E-state index in [1.807, 2.05) is 32.9 Å². The lowest BCUT2D eigenvalue weighted by Crippen LogP contribution is -2.16. The minimum Gasteiger partial charge on any atom is -0.325 e. The second-order valence-corrected chi connectivity index (χ2v) is 4.20. The first-order chi connectivity index (χ1) is 7.40. The van der Waals surface area contributed by atoms with Crippen LogP contribution in [0.3, 0.4) is 0 Å². The van der Waals surface area contributed by atoms with Gasteiger partial charge in [0, 0.05) is 5.69 Å². The average molecular weight is 219 g/mol. The molecule has 0 unspecified atom stereocenters. The molecular weight excluding hydrogens is 202 g/mol. The Morgan fingerprint density at radius 1 is 1.12 bits per heavy atom. The van der Waals surface area contributed by atoms with Crippen molar-refractivity contribution in [2.24, 2.45) is 0 Å². The summed E-state index contributed by atoms with van der Waals surface area (Å²) in [6.45, 7) is 7.32. The van der Waals surface area contributed by atoms with Crippen molar-refractivity contribution in [1.29, 1.82) is 0 Å². The van der Waals surface area contributed by atoms with Gasteiger partial charge in [-0.25, -0.2) is 0 Å². The van der Waals surface area contributed by atoms with Crippen LogP contribution >= 0.6 is 0 Å². The smallest absolute Gasteiger partial charge is 0.231 e. The van der Waals surface area contributed by atoms with Crippen LogP contribution in [0, 0.1) is 20.8 Å². The molecular formula is C13H17NO2. The van der Waals surface area contributed by atoms with E-state index in [2.05, 4.69) is 5.32 Å². The quantitative estimate of drug-likeness (QED) is 0.794. The number of carbonyl (C=O) groups excluding carboxylic acids is 2. The van der Waals surface area contributed by atoms with Crippen LogP contribution in [0.25, 0.3) is 0 Å². The SMILES string of the molecule is CC(=O)CC(=O)Nc1c(C)cc(C)cc1C. The third-order valence-corrected chi connectivity index (χ3v) is 2.35. The number of hydrogen-bond donors (Lipinski definition) is 1. The minimum atomic E-state index is -0.248. The average Bonchev–Trinajstić information content (AvgIpc) is 2.09. The van der Waals surface area contributed by atoms with E-state index in [9.17, 15) is 9.59 Å². The molecule has 0 bridgehead atoms. The number of hydrogen-bond acceptors (Lipinski definition) is 2. The molecule has 0 radical (unpaired) electrons. The van der Waals surface area contributed by atoms with Gasteiger partial charge in [-0.15, -0.1) is 0 Å². The van der Waals surface area contributed by atoms with Crippen LogP contribution in [-0.2, 0) is 9.59 Å². The number of nitrogens with one attached hydrogen (secondary N) is 1. The molecule has 0 fully saturated rings. The summed E-state index contributed by atoms with van der Waals surface area (Å²) in [5.41, 5.74) is 4.03. The zero-order chi connectivity index (χ0) is 12.3. The molecule has 1 aromatic rings. The highest BCUT2D eigenvalue weighted by Gasteiger charge is 2.09. The van der Waals surface area contributed by atoms with Gasteiger partial charge in [0.15, 0.2) is 0 Å². The summed E-state index contributed by atoms with van der Waals surface area (Å²) in [5, 5.41) is 2.78. The minimum absolute atomic E-state index is 0.0627. The zero-order valence-corrected chi connectivity index (χ0v) is 10.2. The van der Waals surface area contributed by atoms with Gasteiger partial charge < -0.3 is 5.32 Å². The summed E-state index contributed by atoms with van der Waals surface area (Å²) in [6.07, 6.45) is -0.0627. The Morgan fingerprint density at radius 3 is 2.06 bits per heavy atom. The monoisotopic (exact) mass is 219 g/mol. The van der Waals surface area contributed by atoms with Gasteiger partial charge in [-0.05, 0) is 38.8 Å². The van der Waals surface area contributed by atoms with Gasteiger partial charge in [0.2, 0.25) is 5.91 Å². The molecule has 3 nitrogen and oxygen atoms in total. The molecule has 1 aromatic carbocycles. The molecule has 0 spiro atoms. The zero-order valence-electron chi connectivity index (χ0n) is 10.2. The Balaban J connectivity index is 2.89. The maximum atomic E-state index is 11.5. The van der Waals surface area contributed by atoms with Gasteiger partial charge in [-0.2, -0.15) is 0 Å². The number of aryl methyl sites for hydroxylation is 3. The van der Waals surface area contributed by atoms with Crippen molar-refractivity contribution in [2.45, 2.75) is 34.1 Å². The molecule has 1 amide bonds. The normalized spacial score (nSPS) is 10.0. The molecule has 0 saturated carbocycles. The Kier molecular flexibility index (Phi) is 3.82. The molecule has 0 heterocycles. The Bertz CT molecular complexity index is 413. The lowest BCUT2D eigenvalue weighted by molar-refractivity contribution is -0.124. The van der Waals surface area contributed by atoms with Crippen LogP contribution < -0.4 is 5.32 Å². The van der Waals surface area contributed by atoms with E-state index >= 15 is 0 Å². The van der Waals surface area contributed by atoms with Crippen LogP contribution in [0.1, 0.15) is 30.0 Å². The Morgan fingerprint density at radius 2 is 1.62 bits per heavy atom. The van der Waals surface area contributed by atoms with Crippen molar-refractivity contribution >= 4 is 17.4 Å². The molecule has 86 valence electrons. The van der Waals surface area contributed by atoms with Crippen LogP contribution in [0.2, 0.25) is 0 Å². The fraction of sp³-hybridized carbons (Fsp3) is 0.385. The third-order valence-electron chi connectivity index (χ3n) is 2.35. The van der Waals surface area contributed by atoms with Crippen molar-refractivity contribution in [3.05, 3.63) is 28.8 Å². The highest BCUT2D eigenvalue weighted by atomic mass is 16.2. The van der Waals surface area contributed by atoms with E-state index in [4.69, 9.17) is 0 Å². The molecule has 0 aliphatic heterocycles. The number of ketones is 1. The molecule has 0 aliphatic carbocycles. The van der Waals surface area contributed by atoms with E-state index in [1.54, 1.807) is 0 Å². The van der Waals surface area contributed by atoms with Crippen LogP contribution in [0.15, 0.2) is 12.1 Å². The summed E-state index contributed by atoms with van der Waals surface area (Å²) >= 11 is 0. The van der Waals surface area contributed by atoms with Crippen molar-refractivity contribution in [3.63, 3.8) is 0 Å². The molecule has 1 N–H and O–H groups in total. The van der Waals surface area contributed by atoms with Gasteiger partial charge in [0.25, 0.3) is 0 Å². The first-order valence-electron chi connectivity index (χ1n) is 5.27. The molecule has 1 rings (SSSR count). The van der Waals surface area contributed by atoms with E-state index in [-0.39, 0.29) is 18.1 Å². The van der Waals surface area contributed by atoms with Gasteiger partial charge in [0.05, 0.1) is 6.42 Å². The standard InChI is InChI=1S/C13H17NO2/c1-8-5-9(2)13(10(3)6-8)14-12(16)7-11(4)15/h5-6H,7H2,1-4H3,(H,14,16). The fourth-order valence-electron chi connectivity index (χ4n) is 1.79. The predicted octanol–water partition coefficient (Wildman–Crippen LogP) is 2.53. The van der Waals surface area contributed by atoms with Crippen molar-refractivity contribution in [1.82, 2.24) is 0 Å². The van der Waals surface area contributed by atoms with E-state index < -0.39 is 0 Å². The Hall–Kier alpha value is -1.64. The molecule has 3 heteroatoms. The predicted molar refractivity (Wildman–Crippen MR) is 64.6 cm³/mol. The first-order valence-corrected chi connectivity index (χ1v) is 5.27. The second kappa shape index (κ2) is 4.92. The number of Topliss-reactive ketones (excluding diaryl/α,β-unsaturated/α-hetero) is 1. The number of rotatable bonds is 3. The van der Waals surface area contributed by atoms with E-state index in [0.717, 1.165) is 16.8 Å². The topological polar surface area (TPSA) is 46.2 Å². The van der Waals surface area contributed by atoms with E-state index in [0.29, 0.717) is 0 Å². The number of amides is 1. The molecule has 16 heavy (non-hydrogen) atoms. The first kappa shape index (κ1) is 12.4. The summed E-state index contributed by atoms with van der Waals surface area (Å²) in [4.78, 5) is 22.3. The largest absolute Gasteiger partial charge is 0.325 e. The molecule has 0 atom stereocenters. The van der Waals surface area contributed by atoms with Crippen molar-refractivity contribution in [2.75, 3.05) is 5.32 Å². The van der Waals surface area contributed by atoms with Gasteiger partial charge >= 0.3 is 0 Å². The second-order valence-electron chi connectivity index (χ2n) is 4.20. The summed E-state index contributed by atoms with van der Waals surface area (Å²) in [6, 6.07) is 4.02. The molecule has 0 aromatic heterocycles. The molecule has 0 saturated heterocycles. The van der Waals surface area contributed by atoms with Crippen molar-refractivity contribution in [3.8, 4) is 0 Å². The van der Waals surface area contributed by atoms with E-state index in [1.165, 1.54) is 12.5 Å². The van der Waals surface area contributed by atoms with Crippen LogP contribution in [-0.4, -0.2) is 11.7 Å². The third kappa shape index (κ3) is 3.19. The maximum absolute atomic E-state index is 11.5. The number of benzene rings is 1. The summed E-state index contributed by atoms with van der Waals surface area (Å²) in [5.74, 6) is -0.373. The fourth-order valence-corrected chi connectivity index (χ4v) is 1.79. The van der Waals surface area contributed by atoms with Gasteiger partial charge in [-0.3, -0.25) is 9.59 Å². The number of anilines is 1. The van der Waals surface area contributed by atoms with Gasteiger partial charge in [-0.1, -0.05) is 17.7 Å². The van der Waals surface area contributed by atoms with Crippen LogP contribution in [0.5, 0.6) is 0 Å². The highest BCUT2D eigenvalue weighted by molar-refractivity contribution is 6.04. The lowest BCUT2D eigenvalue weighted by atomic mass is 10.0. The van der Waals surface area contributed by atoms with Crippen molar-refractivity contribution < 1.29 is 9.59 Å². The maximum Gasteiger partial charge on any atom is 0.231 e. The summed E-state index contributed by atoms with van der Waals surface area (Å²) in [7, 11) is 0. The highest BCUT2D eigenvalue weighted by Crippen LogP contribution is 2.21. The Labute approximate surface area is 95.9 Å². The lowest BCUT2D eigenvalue weighted by Gasteiger charge is -2.12. The number of carbonyl (C=O) groups is 2. The van der Waals surface area contributed by atoms with Crippen LogP contribution in [0.4, 0.5) is 5.69 Å².